The lowest BCUT2D eigenvalue weighted by Gasteiger charge is -2.25. The van der Waals surface area contributed by atoms with Gasteiger partial charge in [0.05, 0.1) is 12.5 Å². The van der Waals surface area contributed by atoms with Gasteiger partial charge in [-0.1, -0.05) is 24.3 Å². The molecule has 2 aromatic carbocycles. The van der Waals surface area contributed by atoms with Crippen LogP contribution in [0, 0.1) is 13.8 Å². The van der Waals surface area contributed by atoms with Crippen LogP contribution in [0.2, 0.25) is 0 Å². The van der Waals surface area contributed by atoms with E-state index in [0.717, 1.165) is 28.1 Å². The van der Waals surface area contributed by atoms with Gasteiger partial charge in [0.2, 0.25) is 5.91 Å². The molecule has 0 saturated heterocycles. The number of nitrogens with one attached hydrogen (secondary N) is 1. The zero-order valence-corrected chi connectivity index (χ0v) is 12.3. The van der Waals surface area contributed by atoms with Crippen molar-refractivity contribution in [2.24, 2.45) is 0 Å². The van der Waals surface area contributed by atoms with Gasteiger partial charge in [-0.25, -0.2) is 0 Å². The van der Waals surface area contributed by atoms with Gasteiger partial charge in [0.15, 0.2) is 0 Å². The molecule has 1 atom stereocenters. The fraction of sp³-hybridized carbons (Fsp3) is 0.278. The van der Waals surface area contributed by atoms with Crippen molar-refractivity contribution in [2.75, 3.05) is 11.9 Å². The van der Waals surface area contributed by atoms with Crippen molar-refractivity contribution in [1.29, 1.82) is 0 Å². The molecule has 0 fully saturated rings. The molecule has 3 rings (SSSR count). The SMILES string of the molecule is Cc1cc(C)cc(NC(=O)C2CCOc3ccccc32)c1. The van der Waals surface area contributed by atoms with Gasteiger partial charge in [-0.3, -0.25) is 4.79 Å². The first-order valence-corrected chi connectivity index (χ1v) is 7.24. The van der Waals surface area contributed by atoms with Crippen LogP contribution in [-0.4, -0.2) is 12.5 Å². The van der Waals surface area contributed by atoms with E-state index in [1.807, 2.05) is 50.2 Å². The third-order valence-electron chi connectivity index (χ3n) is 3.76. The summed E-state index contributed by atoms with van der Waals surface area (Å²) in [6.45, 7) is 4.65. The van der Waals surface area contributed by atoms with Crippen LogP contribution >= 0.6 is 0 Å². The van der Waals surface area contributed by atoms with Crippen molar-refractivity contribution in [3.8, 4) is 5.75 Å². The van der Waals surface area contributed by atoms with E-state index in [0.29, 0.717) is 13.0 Å². The number of rotatable bonds is 2. The number of aryl methyl sites for hydroxylation is 2. The molecule has 0 spiro atoms. The summed E-state index contributed by atoms with van der Waals surface area (Å²) < 4.78 is 5.61. The highest BCUT2D eigenvalue weighted by Gasteiger charge is 2.27. The molecule has 1 N–H and O–H groups in total. The first-order chi connectivity index (χ1) is 10.1. The molecule has 1 heterocycles. The summed E-state index contributed by atoms with van der Waals surface area (Å²) in [6, 6.07) is 13.9. The highest BCUT2D eigenvalue weighted by atomic mass is 16.5. The van der Waals surface area contributed by atoms with Crippen molar-refractivity contribution in [2.45, 2.75) is 26.2 Å². The first kappa shape index (κ1) is 13.7. The van der Waals surface area contributed by atoms with Gasteiger partial charge < -0.3 is 10.1 Å². The number of carbonyl (C=O) groups excluding carboxylic acids is 1. The van der Waals surface area contributed by atoms with Gasteiger partial charge >= 0.3 is 0 Å². The molecule has 0 aromatic heterocycles. The lowest BCUT2D eigenvalue weighted by Crippen LogP contribution is -2.26. The number of hydrogen-bond donors (Lipinski definition) is 1. The number of carbonyl (C=O) groups is 1. The van der Waals surface area contributed by atoms with E-state index in [2.05, 4.69) is 11.4 Å². The molecule has 1 aliphatic heterocycles. The van der Waals surface area contributed by atoms with Crippen LogP contribution in [0.4, 0.5) is 5.69 Å². The molecule has 3 heteroatoms. The van der Waals surface area contributed by atoms with Gasteiger partial charge in [-0.2, -0.15) is 0 Å². The Hall–Kier alpha value is -2.29. The molecule has 0 radical (unpaired) electrons. The summed E-state index contributed by atoms with van der Waals surface area (Å²) in [5, 5.41) is 3.04. The minimum Gasteiger partial charge on any atom is -0.493 e. The highest BCUT2D eigenvalue weighted by Crippen LogP contribution is 2.34. The largest absolute Gasteiger partial charge is 0.493 e. The molecule has 108 valence electrons. The molecule has 0 aliphatic carbocycles. The zero-order valence-electron chi connectivity index (χ0n) is 12.3. The van der Waals surface area contributed by atoms with Crippen LogP contribution in [0.15, 0.2) is 42.5 Å². The molecule has 21 heavy (non-hydrogen) atoms. The maximum absolute atomic E-state index is 12.6. The van der Waals surface area contributed by atoms with Crippen molar-refractivity contribution in [1.82, 2.24) is 0 Å². The first-order valence-electron chi connectivity index (χ1n) is 7.24. The number of fused-ring (bicyclic) bond motifs is 1. The Morgan fingerprint density at radius 2 is 1.86 bits per heavy atom. The van der Waals surface area contributed by atoms with Gasteiger partial charge in [0, 0.05) is 11.3 Å². The van der Waals surface area contributed by atoms with Crippen LogP contribution in [0.1, 0.15) is 29.0 Å². The Labute approximate surface area is 124 Å². The number of para-hydroxylation sites is 1. The third kappa shape index (κ3) is 2.92. The maximum Gasteiger partial charge on any atom is 0.232 e. The van der Waals surface area contributed by atoms with Gasteiger partial charge in [0.25, 0.3) is 0 Å². The second kappa shape index (κ2) is 5.60. The maximum atomic E-state index is 12.6. The molecule has 0 bridgehead atoms. The topological polar surface area (TPSA) is 38.3 Å². The van der Waals surface area contributed by atoms with E-state index in [9.17, 15) is 4.79 Å². The molecule has 1 unspecified atom stereocenters. The number of benzene rings is 2. The summed E-state index contributed by atoms with van der Waals surface area (Å²) >= 11 is 0. The molecule has 0 saturated carbocycles. The van der Waals surface area contributed by atoms with Crippen LogP contribution in [0.3, 0.4) is 0 Å². The van der Waals surface area contributed by atoms with Crippen LogP contribution in [-0.2, 0) is 4.79 Å². The zero-order chi connectivity index (χ0) is 14.8. The Morgan fingerprint density at radius 3 is 2.62 bits per heavy atom. The van der Waals surface area contributed by atoms with Crippen molar-refractivity contribution in [3.05, 3.63) is 59.2 Å². The monoisotopic (exact) mass is 281 g/mol. The summed E-state index contributed by atoms with van der Waals surface area (Å²) in [7, 11) is 0. The fourth-order valence-corrected chi connectivity index (χ4v) is 2.89. The normalized spacial score (nSPS) is 16.8. The van der Waals surface area contributed by atoms with Gasteiger partial charge in [-0.15, -0.1) is 0 Å². The quantitative estimate of drug-likeness (QED) is 0.909. The Bertz CT molecular complexity index is 658. The number of anilines is 1. The van der Waals surface area contributed by atoms with Crippen LogP contribution in [0.25, 0.3) is 0 Å². The van der Waals surface area contributed by atoms with E-state index in [4.69, 9.17) is 4.74 Å². The fourth-order valence-electron chi connectivity index (χ4n) is 2.89. The van der Waals surface area contributed by atoms with E-state index in [-0.39, 0.29) is 11.8 Å². The van der Waals surface area contributed by atoms with Crippen LogP contribution in [0.5, 0.6) is 5.75 Å². The van der Waals surface area contributed by atoms with E-state index in [1.165, 1.54) is 0 Å². The second-order valence-electron chi connectivity index (χ2n) is 5.59. The standard InChI is InChI=1S/C18H19NO2/c1-12-9-13(2)11-14(10-12)19-18(20)16-7-8-21-17-6-4-3-5-15(16)17/h3-6,9-11,16H,7-8H2,1-2H3,(H,19,20). The van der Waals surface area contributed by atoms with E-state index >= 15 is 0 Å². The average molecular weight is 281 g/mol. The summed E-state index contributed by atoms with van der Waals surface area (Å²) in [6.07, 6.45) is 0.716. The molecular formula is C18H19NO2. The van der Waals surface area contributed by atoms with Gasteiger partial charge in [-0.05, 0) is 49.6 Å². The molecule has 3 nitrogen and oxygen atoms in total. The summed E-state index contributed by atoms with van der Waals surface area (Å²) in [5.74, 6) is 0.718. The van der Waals surface area contributed by atoms with Crippen molar-refractivity contribution >= 4 is 11.6 Å². The molecule has 1 amide bonds. The average Bonchev–Trinajstić information content (AvgIpc) is 2.45. The highest BCUT2D eigenvalue weighted by molar-refractivity contribution is 5.96. The van der Waals surface area contributed by atoms with Crippen LogP contribution < -0.4 is 10.1 Å². The van der Waals surface area contributed by atoms with Gasteiger partial charge in [0.1, 0.15) is 5.75 Å². The van der Waals surface area contributed by atoms with Crippen molar-refractivity contribution < 1.29 is 9.53 Å². The Kier molecular flexibility index (Phi) is 3.65. The number of amides is 1. The molecule has 1 aliphatic rings. The predicted molar refractivity (Wildman–Crippen MR) is 83.8 cm³/mol. The number of ether oxygens (including phenoxy) is 1. The summed E-state index contributed by atoms with van der Waals surface area (Å²) in [4.78, 5) is 12.6. The lowest BCUT2D eigenvalue weighted by atomic mass is 9.92. The third-order valence-corrected chi connectivity index (χ3v) is 3.76. The smallest absolute Gasteiger partial charge is 0.232 e. The van der Waals surface area contributed by atoms with E-state index < -0.39 is 0 Å². The minimum atomic E-state index is -0.143. The second-order valence-corrected chi connectivity index (χ2v) is 5.59. The molecule has 2 aromatic rings. The number of hydrogen-bond acceptors (Lipinski definition) is 2. The Balaban J connectivity index is 1.83. The Morgan fingerprint density at radius 1 is 1.14 bits per heavy atom. The minimum absolute atomic E-state index is 0.0377. The predicted octanol–water partition coefficient (Wildman–Crippen LogP) is 3.81. The lowest BCUT2D eigenvalue weighted by molar-refractivity contribution is -0.118. The molecular weight excluding hydrogens is 262 g/mol. The van der Waals surface area contributed by atoms with Crippen molar-refractivity contribution in [3.63, 3.8) is 0 Å². The van der Waals surface area contributed by atoms with E-state index in [1.54, 1.807) is 0 Å². The summed E-state index contributed by atoms with van der Waals surface area (Å²) in [5.41, 5.74) is 4.14.